The van der Waals surface area contributed by atoms with Gasteiger partial charge in [0.25, 0.3) is 5.56 Å². The number of thioether (sulfide) groups is 1. The molecule has 0 saturated carbocycles. The van der Waals surface area contributed by atoms with Gasteiger partial charge in [-0.05, 0) is 81.5 Å². The van der Waals surface area contributed by atoms with Crippen molar-refractivity contribution in [2.24, 2.45) is 4.99 Å². The first-order chi connectivity index (χ1) is 19.6. The topological polar surface area (TPSA) is 111 Å². The van der Waals surface area contributed by atoms with Gasteiger partial charge in [-0.1, -0.05) is 29.5 Å². The fourth-order valence-corrected chi connectivity index (χ4v) is 6.17. The van der Waals surface area contributed by atoms with Gasteiger partial charge in [0.15, 0.2) is 4.80 Å². The SMILES string of the molecule is CSc1ccc([C@@H]2C(C(=O)OC(C)C)=C(C)N=c3s/c(=C\c4ccc(-c5ccc(C(=O)O)cc5C)o4)c(=O)n32)cc1. The third-order valence-electron chi connectivity index (χ3n) is 6.65. The molecule has 41 heavy (non-hydrogen) atoms. The van der Waals surface area contributed by atoms with Crippen LogP contribution in [0.2, 0.25) is 0 Å². The summed E-state index contributed by atoms with van der Waals surface area (Å²) in [5, 5.41) is 9.25. The van der Waals surface area contributed by atoms with Crippen LogP contribution < -0.4 is 14.9 Å². The Morgan fingerprint density at radius 1 is 1.12 bits per heavy atom. The molecular weight excluding hydrogens is 560 g/mol. The number of carbonyl (C=O) groups is 2. The van der Waals surface area contributed by atoms with Crippen LogP contribution in [0.15, 0.2) is 85.0 Å². The number of carboxylic acids is 1. The van der Waals surface area contributed by atoms with Crippen molar-refractivity contribution < 1.29 is 23.8 Å². The molecule has 3 heterocycles. The van der Waals surface area contributed by atoms with Crippen LogP contribution in [0, 0.1) is 6.92 Å². The van der Waals surface area contributed by atoms with E-state index < -0.39 is 18.0 Å². The van der Waals surface area contributed by atoms with Gasteiger partial charge in [0, 0.05) is 16.5 Å². The van der Waals surface area contributed by atoms with E-state index in [2.05, 4.69) is 4.99 Å². The third-order valence-corrected chi connectivity index (χ3v) is 8.38. The third kappa shape index (κ3) is 5.57. The fourth-order valence-electron chi connectivity index (χ4n) is 4.74. The van der Waals surface area contributed by atoms with E-state index in [-0.39, 0.29) is 17.2 Å². The molecule has 0 radical (unpaired) electrons. The van der Waals surface area contributed by atoms with E-state index in [0.717, 1.165) is 21.6 Å². The van der Waals surface area contributed by atoms with E-state index >= 15 is 0 Å². The van der Waals surface area contributed by atoms with E-state index in [9.17, 15) is 19.5 Å². The molecule has 0 unspecified atom stereocenters. The summed E-state index contributed by atoms with van der Waals surface area (Å²) in [5.74, 6) is -0.484. The normalized spacial score (nSPS) is 15.2. The minimum absolute atomic E-state index is 0.198. The van der Waals surface area contributed by atoms with Crippen molar-refractivity contribution in [2.45, 2.75) is 44.7 Å². The minimum atomic E-state index is -0.996. The zero-order valence-corrected chi connectivity index (χ0v) is 24.8. The van der Waals surface area contributed by atoms with E-state index in [1.54, 1.807) is 67.4 Å². The molecule has 0 aliphatic carbocycles. The average Bonchev–Trinajstić information content (AvgIpc) is 3.51. The smallest absolute Gasteiger partial charge is 0.338 e. The monoisotopic (exact) mass is 588 g/mol. The minimum Gasteiger partial charge on any atom is -0.478 e. The molecule has 0 fully saturated rings. The number of hydrogen-bond acceptors (Lipinski definition) is 8. The number of rotatable bonds is 7. The van der Waals surface area contributed by atoms with Crippen LogP contribution in [0.1, 0.15) is 54.1 Å². The second-order valence-electron chi connectivity index (χ2n) is 9.85. The van der Waals surface area contributed by atoms with Gasteiger partial charge < -0.3 is 14.3 Å². The van der Waals surface area contributed by atoms with Crippen molar-refractivity contribution >= 4 is 41.1 Å². The number of allylic oxidation sites excluding steroid dienone is 1. The number of ether oxygens (including phenoxy) is 1. The molecule has 0 saturated heterocycles. The Kier molecular flexibility index (Phi) is 7.88. The summed E-state index contributed by atoms with van der Waals surface area (Å²) in [7, 11) is 0. The maximum absolute atomic E-state index is 13.9. The lowest BCUT2D eigenvalue weighted by Gasteiger charge is -2.25. The first-order valence-electron chi connectivity index (χ1n) is 12.9. The van der Waals surface area contributed by atoms with Crippen molar-refractivity contribution in [3.63, 3.8) is 0 Å². The average molecular weight is 589 g/mol. The lowest BCUT2D eigenvalue weighted by atomic mass is 9.96. The molecule has 0 amide bonds. The van der Waals surface area contributed by atoms with Crippen molar-refractivity contribution in [3.8, 4) is 11.3 Å². The molecule has 2 aromatic carbocycles. The van der Waals surface area contributed by atoms with Crippen LogP contribution in [0.5, 0.6) is 0 Å². The molecule has 1 atom stereocenters. The number of aryl methyl sites for hydroxylation is 1. The van der Waals surface area contributed by atoms with E-state index in [1.165, 1.54) is 17.4 Å². The molecular formula is C31H28N2O6S2. The second kappa shape index (κ2) is 11.4. The first kappa shape index (κ1) is 28.4. The highest BCUT2D eigenvalue weighted by atomic mass is 32.2. The van der Waals surface area contributed by atoms with Gasteiger partial charge in [-0.2, -0.15) is 0 Å². The molecule has 0 spiro atoms. The van der Waals surface area contributed by atoms with Gasteiger partial charge >= 0.3 is 11.9 Å². The number of furan rings is 1. The van der Waals surface area contributed by atoms with Crippen LogP contribution in [-0.2, 0) is 9.53 Å². The first-order valence-corrected chi connectivity index (χ1v) is 14.9. The summed E-state index contributed by atoms with van der Waals surface area (Å²) in [6.07, 6.45) is 3.32. The number of thiazole rings is 1. The standard InChI is InChI=1S/C31H28N2O6S2/c1-16(2)38-30(37)26-18(4)32-31-33(27(26)19-6-10-22(40-5)11-7-19)28(34)25(41-31)15-21-9-13-24(39-21)23-12-8-20(29(35)36)14-17(23)3/h6-16,27H,1-5H3,(H,35,36)/b25-15-/t27-/m1/s1. The highest BCUT2D eigenvalue weighted by Gasteiger charge is 2.33. The largest absolute Gasteiger partial charge is 0.478 e. The van der Waals surface area contributed by atoms with Gasteiger partial charge in [0.1, 0.15) is 11.5 Å². The Morgan fingerprint density at radius 2 is 1.85 bits per heavy atom. The highest BCUT2D eigenvalue weighted by Crippen LogP contribution is 2.32. The lowest BCUT2D eigenvalue weighted by Crippen LogP contribution is -2.40. The molecule has 1 N–H and O–H groups in total. The van der Waals surface area contributed by atoms with Gasteiger partial charge in [-0.15, -0.1) is 11.8 Å². The zero-order valence-electron chi connectivity index (χ0n) is 23.1. The molecule has 1 aliphatic rings. The van der Waals surface area contributed by atoms with Gasteiger partial charge in [0.05, 0.1) is 33.5 Å². The Morgan fingerprint density at radius 3 is 2.49 bits per heavy atom. The van der Waals surface area contributed by atoms with Crippen molar-refractivity contribution in [1.29, 1.82) is 0 Å². The van der Waals surface area contributed by atoms with Gasteiger partial charge in [-0.25, -0.2) is 14.6 Å². The molecule has 0 bridgehead atoms. The number of esters is 1. The summed E-state index contributed by atoms with van der Waals surface area (Å²) in [6.45, 7) is 7.14. The molecule has 8 nitrogen and oxygen atoms in total. The number of nitrogens with zero attached hydrogens (tertiary/aromatic N) is 2. The maximum Gasteiger partial charge on any atom is 0.338 e. The summed E-state index contributed by atoms with van der Waals surface area (Å²) in [6, 6.07) is 15.4. The Bertz CT molecular complexity index is 1880. The zero-order chi connectivity index (χ0) is 29.4. The quantitative estimate of drug-likeness (QED) is 0.234. The number of carboxylic acid groups (broad SMARTS) is 1. The number of hydrogen-bond donors (Lipinski definition) is 1. The van der Waals surface area contributed by atoms with Crippen LogP contribution in [0.3, 0.4) is 0 Å². The van der Waals surface area contributed by atoms with Gasteiger partial charge in [0.2, 0.25) is 0 Å². The van der Waals surface area contributed by atoms with Gasteiger partial charge in [-0.3, -0.25) is 9.36 Å². The Hall–Kier alpha value is -4.15. The number of benzene rings is 2. The van der Waals surface area contributed by atoms with E-state index in [1.807, 2.05) is 37.4 Å². The molecule has 2 aromatic heterocycles. The van der Waals surface area contributed by atoms with Crippen molar-refractivity contribution in [3.05, 3.63) is 108 Å². The predicted molar refractivity (Wildman–Crippen MR) is 159 cm³/mol. The fraction of sp³-hybridized carbons (Fsp3) is 0.226. The van der Waals surface area contributed by atoms with Crippen LogP contribution in [-0.4, -0.2) is 34.0 Å². The van der Waals surface area contributed by atoms with Crippen LogP contribution >= 0.6 is 23.1 Å². The number of aromatic carboxylic acids is 1. The van der Waals surface area contributed by atoms with E-state index in [4.69, 9.17) is 9.15 Å². The number of carbonyl (C=O) groups excluding carboxylic acids is 1. The van der Waals surface area contributed by atoms with Crippen molar-refractivity contribution in [2.75, 3.05) is 6.26 Å². The van der Waals surface area contributed by atoms with Crippen LogP contribution in [0.4, 0.5) is 0 Å². The second-order valence-corrected chi connectivity index (χ2v) is 11.7. The molecule has 210 valence electrons. The number of aromatic nitrogens is 1. The summed E-state index contributed by atoms with van der Waals surface area (Å²) in [5.41, 5.74) is 3.03. The number of fused-ring (bicyclic) bond motifs is 1. The summed E-state index contributed by atoms with van der Waals surface area (Å²) < 4.78 is 13.6. The van der Waals surface area contributed by atoms with E-state index in [0.29, 0.717) is 32.1 Å². The molecule has 5 rings (SSSR count). The maximum atomic E-state index is 13.9. The summed E-state index contributed by atoms with van der Waals surface area (Å²) >= 11 is 2.83. The molecule has 1 aliphatic heterocycles. The molecule has 4 aromatic rings. The summed E-state index contributed by atoms with van der Waals surface area (Å²) in [4.78, 5) is 44.6. The highest BCUT2D eigenvalue weighted by molar-refractivity contribution is 7.98. The Labute approximate surface area is 244 Å². The lowest BCUT2D eigenvalue weighted by molar-refractivity contribution is -0.143. The van der Waals surface area contributed by atoms with Crippen molar-refractivity contribution in [1.82, 2.24) is 4.57 Å². The molecule has 10 heteroatoms. The van der Waals surface area contributed by atoms with Crippen LogP contribution in [0.25, 0.3) is 17.4 Å². The Balaban J connectivity index is 1.60. The predicted octanol–water partition coefficient (Wildman–Crippen LogP) is 5.18.